The molecule has 0 bridgehead atoms. The van der Waals surface area contributed by atoms with Crippen molar-refractivity contribution >= 4 is 52.2 Å². The number of nitrogens with zero attached hydrogens (tertiary/aromatic N) is 1. The standard InChI is InChI=1S/C9H7Cl2N3.ClH/c10-5-3-6(11)9-7(14-12)1-2-13-8(9)4-5;/h1-4H,12H2,(H,13,14);1H. The quantitative estimate of drug-likeness (QED) is 0.614. The van der Waals surface area contributed by atoms with E-state index >= 15 is 0 Å². The number of rotatable bonds is 1. The van der Waals surface area contributed by atoms with E-state index in [1.807, 2.05) is 0 Å². The number of nitrogens with one attached hydrogen (secondary N) is 1. The fourth-order valence-electron chi connectivity index (χ4n) is 1.32. The van der Waals surface area contributed by atoms with Crippen LogP contribution in [0.15, 0.2) is 24.4 Å². The Morgan fingerprint density at radius 2 is 2.00 bits per heavy atom. The average Bonchev–Trinajstić information content (AvgIpc) is 2.16. The third kappa shape index (κ3) is 2.26. The molecule has 0 spiro atoms. The molecule has 0 aliphatic heterocycles. The van der Waals surface area contributed by atoms with Crippen molar-refractivity contribution in [3.63, 3.8) is 0 Å². The molecule has 0 saturated heterocycles. The summed E-state index contributed by atoms with van der Waals surface area (Å²) in [6.07, 6.45) is 1.64. The molecule has 0 unspecified atom stereocenters. The summed E-state index contributed by atoms with van der Waals surface area (Å²) in [6, 6.07) is 5.15. The third-order valence-corrected chi connectivity index (χ3v) is 2.43. The van der Waals surface area contributed by atoms with Gasteiger partial charge in [-0.1, -0.05) is 23.2 Å². The van der Waals surface area contributed by atoms with E-state index in [4.69, 9.17) is 29.0 Å². The zero-order chi connectivity index (χ0) is 10.1. The topological polar surface area (TPSA) is 50.9 Å². The van der Waals surface area contributed by atoms with Crippen molar-refractivity contribution in [2.75, 3.05) is 5.43 Å². The molecular formula is C9H8Cl3N3. The minimum absolute atomic E-state index is 0. The molecule has 0 aliphatic rings. The summed E-state index contributed by atoms with van der Waals surface area (Å²) >= 11 is 11.9. The van der Waals surface area contributed by atoms with E-state index in [2.05, 4.69) is 10.4 Å². The van der Waals surface area contributed by atoms with Crippen LogP contribution in [0.4, 0.5) is 5.69 Å². The first-order valence-corrected chi connectivity index (χ1v) is 4.68. The summed E-state index contributed by atoms with van der Waals surface area (Å²) in [4.78, 5) is 4.15. The second-order valence-corrected chi connectivity index (χ2v) is 3.63. The van der Waals surface area contributed by atoms with Crippen molar-refractivity contribution in [3.05, 3.63) is 34.4 Å². The zero-order valence-corrected chi connectivity index (χ0v) is 9.83. The summed E-state index contributed by atoms with van der Waals surface area (Å²) in [5, 5.41) is 1.87. The smallest absolute Gasteiger partial charge is 0.0753 e. The van der Waals surface area contributed by atoms with E-state index in [-0.39, 0.29) is 12.4 Å². The summed E-state index contributed by atoms with van der Waals surface area (Å²) in [5.41, 5.74) is 4.02. The highest BCUT2D eigenvalue weighted by Gasteiger charge is 2.06. The van der Waals surface area contributed by atoms with Gasteiger partial charge in [0.1, 0.15) is 0 Å². The first-order valence-electron chi connectivity index (χ1n) is 3.93. The lowest BCUT2D eigenvalue weighted by Gasteiger charge is -2.06. The summed E-state index contributed by atoms with van der Waals surface area (Å²) in [6.45, 7) is 0. The van der Waals surface area contributed by atoms with Crippen molar-refractivity contribution in [1.29, 1.82) is 0 Å². The predicted octanol–water partition coefficient (Wildman–Crippen LogP) is 3.25. The number of benzene rings is 1. The number of anilines is 1. The Hall–Kier alpha value is -0.740. The second-order valence-electron chi connectivity index (χ2n) is 2.78. The number of hydrogen-bond acceptors (Lipinski definition) is 3. The number of halogens is 3. The van der Waals surface area contributed by atoms with Gasteiger partial charge in [0.15, 0.2) is 0 Å². The third-order valence-electron chi connectivity index (χ3n) is 1.91. The lowest BCUT2D eigenvalue weighted by Crippen LogP contribution is -2.07. The van der Waals surface area contributed by atoms with E-state index in [1.54, 1.807) is 24.4 Å². The average molecular weight is 265 g/mol. The highest BCUT2D eigenvalue weighted by Crippen LogP contribution is 2.31. The number of pyridine rings is 1. The Labute approximate surface area is 103 Å². The Bertz CT molecular complexity index is 487. The van der Waals surface area contributed by atoms with Gasteiger partial charge in [-0.2, -0.15) is 0 Å². The number of hydrazine groups is 1. The van der Waals surface area contributed by atoms with E-state index < -0.39 is 0 Å². The lowest BCUT2D eigenvalue weighted by molar-refractivity contribution is 1.33. The number of fused-ring (bicyclic) bond motifs is 1. The van der Waals surface area contributed by atoms with Crippen molar-refractivity contribution in [2.45, 2.75) is 0 Å². The van der Waals surface area contributed by atoms with Gasteiger partial charge >= 0.3 is 0 Å². The van der Waals surface area contributed by atoms with E-state index in [0.717, 1.165) is 16.6 Å². The van der Waals surface area contributed by atoms with Crippen LogP contribution >= 0.6 is 35.6 Å². The van der Waals surface area contributed by atoms with Crippen LogP contribution in [0.2, 0.25) is 10.0 Å². The molecule has 2 aromatic rings. The minimum atomic E-state index is 0. The normalized spacial score (nSPS) is 9.80. The Kier molecular flexibility index (Phi) is 3.99. The van der Waals surface area contributed by atoms with Gasteiger partial charge < -0.3 is 5.43 Å². The van der Waals surface area contributed by atoms with Crippen LogP contribution in [0.25, 0.3) is 10.9 Å². The molecule has 0 saturated carbocycles. The molecule has 15 heavy (non-hydrogen) atoms. The first kappa shape index (κ1) is 12.3. The van der Waals surface area contributed by atoms with Gasteiger partial charge in [0.05, 0.1) is 16.2 Å². The Morgan fingerprint density at radius 3 is 2.67 bits per heavy atom. The fourth-order valence-corrected chi connectivity index (χ4v) is 1.91. The zero-order valence-electron chi connectivity index (χ0n) is 7.50. The van der Waals surface area contributed by atoms with Crippen molar-refractivity contribution in [2.24, 2.45) is 5.84 Å². The van der Waals surface area contributed by atoms with E-state index in [1.165, 1.54) is 0 Å². The van der Waals surface area contributed by atoms with Gasteiger partial charge in [0.2, 0.25) is 0 Å². The maximum absolute atomic E-state index is 6.03. The maximum atomic E-state index is 6.03. The van der Waals surface area contributed by atoms with Crippen LogP contribution in [0.5, 0.6) is 0 Å². The molecule has 0 aliphatic carbocycles. The number of hydrogen-bond donors (Lipinski definition) is 2. The molecule has 0 atom stereocenters. The molecule has 0 amide bonds. The molecule has 1 heterocycles. The van der Waals surface area contributed by atoms with Crippen molar-refractivity contribution in [3.8, 4) is 0 Å². The van der Waals surface area contributed by atoms with Gasteiger partial charge in [-0.25, -0.2) is 0 Å². The highest BCUT2D eigenvalue weighted by molar-refractivity contribution is 6.39. The fraction of sp³-hybridized carbons (Fsp3) is 0. The molecule has 3 N–H and O–H groups in total. The van der Waals surface area contributed by atoms with E-state index in [0.29, 0.717) is 10.0 Å². The van der Waals surface area contributed by atoms with Crippen molar-refractivity contribution < 1.29 is 0 Å². The monoisotopic (exact) mass is 263 g/mol. The molecule has 0 fully saturated rings. The van der Waals surface area contributed by atoms with Crippen molar-refractivity contribution in [1.82, 2.24) is 4.98 Å². The van der Waals surface area contributed by atoms with E-state index in [9.17, 15) is 0 Å². The number of nitrogen functional groups attached to an aromatic ring is 1. The summed E-state index contributed by atoms with van der Waals surface area (Å²) < 4.78 is 0. The molecule has 80 valence electrons. The Morgan fingerprint density at radius 1 is 1.27 bits per heavy atom. The molecule has 1 aromatic heterocycles. The lowest BCUT2D eigenvalue weighted by atomic mass is 10.2. The molecular weight excluding hydrogens is 256 g/mol. The van der Waals surface area contributed by atoms with Gasteiger partial charge in [0, 0.05) is 16.6 Å². The minimum Gasteiger partial charge on any atom is -0.323 e. The van der Waals surface area contributed by atoms with Gasteiger partial charge in [-0.15, -0.1) is 12.4 Å². The largest absolute Gasteiger partial charge is 0.323 e. The van der Waals surface area contributed by atoms with Crippen LogP contribution in [-0.2, 0) is 0 Å². The van der Waals surface area contributed by atoms with Crippen LogP contribution in [0, 0.1) is 0 Å². The Balaban J connectivity index is 0.00000112. The summed E-state index contributed by atoms with van der Waals surface area (Å²) in [5.74, 6) is 5.35. The van der Waals surface area contributed by atoms with Crippen LogP contribution in [0.3, 0.4) is 0 Å². The summed E-state index contributed by atoms with van der Waals surface area (Å²) in [7, 11) is 0. The number of nitrogens with two attached hydrogens (primary N) is 1. The molecule has 0 radical (unpaired) electrons. The van der Waals surface area contributed by atoms with Gasteiger partial charge in [-0.05, 0) is 18.2 Å². The predicted molar refractivity (Wildman–Crippen MR) is 66.8 cm³/mol. The first-order chi connectivity index (χ1) is 6.72. The SMILES string of the molecule is Cl.NNc1ccnc2cc(Cl)cc(Cl)c12. The van der Waals surface area contributed by atoms with Crippen LogP contribution in [-0.4, -0.2) is 4.98 Å². The van der Waals surface area contributed by atoms with Crippen LogP contribution < -0.4 is 11.3 Å². The van der Waals surface area contributed by atoms with Crippen LogP contribution in [0.1, 0.15) is 0 Å². The number of aromatic nitrogens is 1. The maximum Gasteiger partial charge on any atom is 0.0753 e. The molecule has 2 rings (SSSR count). The second kappa shape index (κ2) is 4.86. The molecule has 1 aromatic carbocycles. The highest BCUT2D eigenvalue weighted by atomic mass is 35.5. The molecule has 3 nitrogen and oxygen atoms in total. The van der Waals surface area contributed by atoms with Gasteiger partial charge in [-0.3, -0.25) is 10.8 Å². The van der Waals surface area contributed by atoms with Gasteiger partial charge in [0.25, 0.3) is 0 Å². The molecule has 6 heteroatoms.